The maximum Gasteiger partial charge on any atom is 0.301 e. The molecule has 0 aromatic heterocycles. The highest BCUT2D eigenvalue weighted by atomic mass is 31.2. The van der Waals surface area contributed by atoms with E-state index in [9.17, 15) is 54.0 Å². The lowest BCUT2D eigenvalue weighted by atomic mass is 9.93. The zero-order valence-electron chi connectivity index (χ0n) is 72.6. The van der Waals surface area contributed by atoms with Gasteiger partial charge >= 0.3 is 5.92 Å². The van der Waals surface area contributed by atoms with Crippen LogP contribution in [-0.4, -0.2) is 423 Å². The third kappa shape index (κ3) is 49.7. The lowest BCUT2D eigenvalue weighted by molar-refractivity contribution is -0.105. The summed E-state index contributed by atoms with van der Waals surface area (Å²) in [6.07, 6.45) is 21.1. The summed E-state index contributed by atoms with van der Waals surface area (Å²) in [7, 11) is -1.84. The molecular formula is C75H135B4F3O37P8. The second-order valence-corrected chi connectivity index (χ2v) is 45.6. The van der Waals surface area contributed by atoms with Crippen LogP contribution in [0.4, 0.5) is 13.2 Å². The molecule has 0 saturated carbocycles. The summed E-state index contributed by atoms with van der Waals surface area (Å²) in [6, 6.07) is -2.88. The summed E-state index contributed by atoms with van der Waals surface area (Å²) in [5.74, 6) is 5.53. The predicted molar refractivity (Wildman–Crippen MR) is 499 cm³/mol. The van der Waals surface area contributed by atoms with Gasteiger partial charge in [-0.1, -0.05) is 40.5 Å². The van der Waals surface area contributed by atoms with Gasteiger partial charge in [0.2, 0.25) is 0 Å². The van der Waals surface area contributed by atoms with Crippen molar-refractivity contribution in [1.82, 2.24) is 0 Å². The fourth-order valence-corrected chi connectivity index (χ4v) is 15.3. The summed E-state index contributed by atoms with van der Waals surface area (Å²) in [5.41, 5.74) is 0. The van der Waals surface area contributed by atoms with E-state index in [1.165, 1.54) is 68.2 Å². The zero-order valence-corrected chi connectivity index (χ0v) is 79.7. The van der Waals surface area contributed by atoms with E-state index in [2.05, 4.69) is 50.4 Å². The molecule has 8 aliphatic rings. The molecular weight excluding hydrogens is 1840 g/mol. The fraction of sp³-hybridized carbons (Fsp3) is 0.680. The van der Waals surface area contributed by atoms with Gasteiger partial charge in [-0.05, 0) is 199 Å². The van der Waals surface area contributed by atoms with E-state index in [4.69, 9.17) is 171 Å². The van der Waals surface area contributed by atoms with E-state index < -0.39 is 235 Å². The van der Waals surface area contributed by atoms with Crippen molar-refractivity contribution in [3.05, 3.63) is 95.1 Å². The molecule has 0 spiro atoms. The van der Waals surface area contributed by atoms with Gasteiger partial charge < -0.3 is 181 Å². The lowest BCUT2D eigenvalue weighted by Crippen LogP contribution is -2.38. The highest BCUT2D eigenvalue weighted by molar-refractivity contribution is 7.67. The molecule has 0 aliphatic carbocycles. The van der Waals surface area contributed by atoms with Crippen LogP contribution in [0.1, 0.15) is 100 Å². The van der Waals surface area contributed by atoms with Gasteiger partial charge in [0.05, 0.1) is 24.4 Å². The maximum absolute atomic E-state index is 13.1. The van der Waals surface area contributed by atoms with Crippen LogP contribution in [0.5, 0.6) is 0 Å². The Bertz CT molecular complexity index is 3730. The molecule has 52 heteroatoms. The third-order valence-electron chi connectivity index (χ3n) is 18.2. The Morgan fingerprint density at radius 1 is 0.339 bits per heavy atom. The second-order valence-electron chi connectivity index (χ2n) is 30.6. The molecule has 0 amide bonds. The maximum atomic E-state index is 13.1. The molecule has 0 bridgehead atoms. The zero-order chi connectivity index (χ0) is 98.1. The number of alkyl halides is 3. The van der Waals surface area contributed by atoms with Crippen molar-refractivity contribution in [2.45, 2.75) is 289 Å². The average Bonchev–Trinajstić information content (AvgIpc) is 1.65. The highest BCUT2D eigenvalue weighted by Gasteiger charge is 2.56. The van der Waals surface area contributed by atoms with Crippen LogP contribution in [0, 0.1) is 0 Å². The fourth-order valence-electron chi connectivity index (χ4n) is 11.8. The quantitative estimate of drug-likeness (QED) is 0.0262. The van der Waals surface area contributed by atoms with Crippen molar-refractivity contribution in [2.24, 2.45) is 0 Å². The average molecular weight is 1980 g/mol. The molecule has 0 aromatic carbocycles. The van der Waals surface area contributed by atoms with Gasteiger partial charge in [-0.15, -0.1) is 0 Å². The first-order valence-corrected chi connectivity index (χ1v) is 55.4. The number of aliphatic hydroxyl groups excluding tert-OH is 8. The Hall–Kier alpha value is -1.11. The minimum Gasteiger partial charge on any atom is -0.390 e. The number of halogens is 3. The van der Waals surface area contributed by atoms with Crippen LogP contribution >= 0.6 is 58.7 Å². The number of hydrogen-bond donors (Lipinski definition) is 24. The molecule has 8 fully saturated rings. The van der Waals surface area contributed by atoms with Crippen LogP contribution in [0.25, 0.3) is 0 Å². The molecule has 8 heterocycles. The molecule has 6 unspecified atom stereocenters. The van der Waals surface area contributed by atoms with Gasteiger partial charge in [0.25, 0.3) is 0 Å². The number of rotatable bonds is 31. The largest absolute Gasteiger partial charge is 0.390 e. The smallest absolute Gasteiger partial charge is 0.301 e. The Balaban J connectivity index is 0.000000727. The van der Waals surface area contributed by atoms with Gasteiger partial charge in [-0.2, -0.15) is 0 Å². The van der Waals surface area contributed by atoms with E-state index in [1.54, 1.807) is 6.92 Å². The minimum absolute atomic E-state index is 0.0135. The molecule has 8 rings (SSSR count). The Morgan fingerprint density at radius 2 is 0.583 bits per heavy atom. The van der Waals surface area contributed by atoms with Crippen molar-refractivity contribution in [3.8, 4) is 0 Å². The van der Waals surface area contributed by atoms with E-state index >= 15 is 0 Å². The summed E-state index contributed by atoms with van der Waals surface area (Å²) in [4.78, 5) is 145. The van der Waals surface area contributed by atoms with E-state index in [-0.39, 0.29) is 12.2 Å². The van der Waals surface area contributed by atoms with Crippen LogP contribution in [-0.2, 0) is 61.6 Å². The number of aliphatic hydroxyl groups is 8. The first-order valence-electron chi connectivity index (χ1n) is 39.8. The topological polar surface area (TPSA) is 606 Å². The predicted octanol–water partition coefficient (Wildman–Crippen LogP) is 1.06. The first-order chi connectivity index (χ1) is 58.1. The van der Waals surface area contributed by atoms with Crippen molar-refractivity contribution < 1.29 is 194 Å². The van der Waals surface area contributed by atoms with Gasteiger partial charge in [0.1, 0.15) is 218 Å². The standard InChI is InChI=1S/2C11H20BO5P.2C10H18BO5P.C9H17O5P.C8H13F2O4P.C8H14FO4P.C8H15O4P/c2*1-3-4-6-16-10-9(13)8(17-11(10)12)5-7-18(2,14)15;2*1-3-5-15-9-8(12)7(16-10(9)11)4-6-17(2,13)14;1-6-9(13-2)8(10)7(14-6)4-5-15(3,11)12;1-5-8(9,10)7(11)6(14-5)3-4-15(2,12)13;1-5-7(9)8(10)6(13-5)3-4-14(2,11)12;1-6-5-7(9)8(12-6)3-4-13(2,10)11/h2*5,7-11,13-15H,2-4,6H2,1H3;2*4,6-10,12-14H,2-3,5H2,1H3;4-12H,3H2,1-2H3;3-7,11-13H,2H2,1H3;3-8,10-12H,2H2,1H3;3-4,6-11H,2,5H2,1H3/b2*7-5+;2*6-4+;5-4+;3*4-3+/t2*8-,9+,10?,11-;2*7-,8+,9?,10-;6-,7+,8-,9?;5-,6+,7-;5-,6+,7?,8-;6-,7+,8+/m11110000/s1. The molecule has 127 heavy (non-hydrogen) atoms. The SMILES string of the molecule is C=P(O)(O)/C=C/[C@H]1O[C@@H](C)C(F)(F)[C@H]1O.C=P(O)(O)/C=C/[C@H]1O[C@@H](C)C(F)[C@H]1O.C=P(O)(O)/C=C/[C@H]1O[C@@H](C)C(OC)[C@H]1O.C=P(O)(O)/C=C/[C@H]1O[C@@H](C)C[C@H]1O.[B][C@@H]1O[C@H](/C=C/P(=C)(O)O)[C@H](O)C1OCCC.[B][C@@H]1O[C@H](/C=C/P(=C)(O)O)[C@H](O)C1OCCC.[B][C@@H]1O[C@H](/C=C/P(=C)(O)O)[C@H](O)C1OCCCC.[B][C@@H]1O[C@H](/C=C/P(=C)(O)O)[C@H](O)C1OCCCC. The monoisotopic (exact) mass is 1980 g/mol. The highest BCUT2D eigenvalue weighted by Crippen LogP contribution is 2.44. The number of methoxy groups -OCH3 is 1. The lowest BCUT2D eigenvalue weighted by Gasteiger charge is -2.18. The Morgan fingerprint density at radius 3 is 0.795 bits per heavy atom. The molecule has 30 atom stereocenters. The minimum atomic E-state index is -3.42. The van der Waals surface area contributed by atoms with Crippen LogP contribution in [0.3, 0.4) is 0 Å². The number of hydrogen-bond acceptors (Lipinski definition) is 37. The molecule has 37 nitrogen and oxygen atoms in total. The van der Waals surface area contributed by atoms with Crippen molar-refractivity contribution in [2.75, 3.05) is 33.5 Å². The Labute approximate surface area is 748 Å². The van der Waals surface area contributed by atoms with Gasteiger partial charge in [0.15, 0.2) is 6.17 Å². The Kier molecular flexibility index (Phi) is 55.9. The molecule has 8 saturated heterocycles. The van der Waals surface area contributed by atoms with Crippen molar-refractivity contribution in [1.29, 1.82) is 0 Å². The normalized spacial score (nSPS) is 35.5. The van der Waals surface area contributed by atoms with Gasteiger partial charge in [-0.25, -0.2) is 13.2 Å². The van der Waals surface area contributed by atoms with E-state index in [1.807, 2.05) is 34.6 Å². The van der Waals surface area contributed by atoms with Gasteiger partial charge in [0, 0.05) is 64.0 Å². The van der Waals surface area contributed by atoms with E-state index in [0.29, 0.717) is 32.8 Å². The summed E-state index contributed by atoms with van der Waals surface area (Å²) < 4.78 is 107. The molecule has 730 valence electrons. The third-order valence-corrected chi connectivity index (χ3v) is 23.4. The van der Waals surface area contributed by atoms with Crippen molar-refractivity contribution in [3.63, 3.8) is 0 Å². The van der Waals surface area contributed by atoms with Crippen LogP contribution in [0.2, 0.25) is 0 Å². The number of ether oxygens (including phenoxy) is 13. The molecule has 0 aromatic rings. The molecule has 8 aliphatic heterocycles. The first kappa shape index (κ1) is 124. The van der Waals surface area contributed by atoms with E-state index in [0.717, 1.165) is 86.4 Å². The molecule has 24 N–H and O–H groups in total. The van der Waals surface area contributed by atoms with Gasteiger partial charge in [-0.3, -0.25) is 0 Å². The van der Waals surface area contributed by atoms with Crippen LogP contribution in [0.15, 0.2) is 95.1 Å². The summed E-state index contributed by atoms with van der Waals surface area (Å²) in [5, 5.41) is 77.3. The van der Waals surface area contributed by atoms with Crippen LogP contribution < -0.4 is 0 Å². The second kappa shape index (κ2) is 57.3. The molecule has 8 radical (unpaired) electrons. The van der Waals surface area contributed by atoms with Crippen molar-refractivity contribution >= 4 is 140 Å². The summed E-state index contributed by atoms with van der Waals surface area (Å²) in [6.45, 7) is 16.3. The summed E-state index contributed by atoms with van der Waals surface area (Å²) >= 11 is 0. The number of unbranched alkanes of at least 4 members (excludes halogenated alkanes) is 2.